The molecule has 1 atom stereocenters. The highest BCUT2D eigenvalue weighted by Gasteiger charge is 2.47. The third-order valence-electron chi connectivity index (χ3n) is 3.71. The Morgan fingerprint density at radius 2 is 1.88 bits per heavy atom. The molecule has 1 aromatic rings. The van der Waals surface area contributed by atoms with Crippen LogP contribution in [0.25, 0.3) is 0 Å². The van der Waals surface area contributed by atoms with E-state index in [0.29, 0.717) is 28.5 Å². The van der Waals surface area contributed by atoms with E-state index in [0.717, 1.165) is 0 Å². The normalized spacial score (nSPS) is 17.5. The van der Waals surface area contributed by atoms with Crippen LogP contribution in [0.5, 0.6) is 11.5 Å². The van der Waals surface area contributed by atoms with Gasteiger partial charge in [0.25, 0.3) is 0 Å². The Kier molecular flexibility index (Phi) is 5.20. The van der Waals surface area contributed by atoms with Crippen LogP contribution in [0.15, 0.2) is 18.2 Å². The van der Waals surface area contributed by atoms with Crippen molar-refractivity contribution in [2.45, 2.75) is 25.1 Å². The van der Waals surface area contributed by atoms with Gasteiger partial charge < -0.3 is 19.7 Å². The summed E-state index contributed by atoms with van der Waals surface area (Å²) >= 11 is 0. The van der Waals surface area contributed by atoms with Crippen LogP contribution in [0, 0.1) is 0 Å². The van der Waals surface area contributed by atoms with Crippen molar-refractivity contribution in [3.63, 3.8) is 0 Å². The number of amides is 2. The minimum Gasteiger partial charge on any atom is -0.493 e. The van der Waals surface area contributed by atoms with Crippen molar-refractivity contribution in [1.82, 2.24) is 4.90 Å². The monoisotopic (exact) mass is 346 g/mol. The van der Waals surface area contributed by atoms with E-state index in [1.54, 1.807) is 6.07 Å². The highest BCUT2D eigenvalue weighted by molar-refractivity contribution is 5.98. The fraction of sp³-hybridized carbons (Fsp3) is 0.467. The standard InChI is InChI=1S/C15H17F3N2O4/c1-23-11-6-5-9(8-12(11)24-2)19-13(21)10-4-3-7-20(10)14(22)15(16,17)18/h5-6,8,10H,3-4,7H2,1-2H3,(H,19,21). The number of carbonyl (C=O) groups excluding carboxylic acids is 2. The Bertz CT molecular complexity index is 634. The third kappa shape index (κ3) is 3.72. The van der Waals surface area contributed by atoms with E-state index < -0.39 is 24.0 Å². The molecule has 0 saturated carbocycles. The fourth-order valence-electron chi connectivity index (χ4n) is 2.58. The summed E-state index contributed by atoms with van der Waals surface area (Å²) in [6.45, 7) is -0.0949. The van der Waals surface area contributed by atoms with Crippen molar-refractivity contribution in [3.8, 4) is 11.5 Å². The van der Waals surface area contributed by atoms with Gasteiger partial charge >= 0.3 is 12.1 Å². The van der Waals surface area contributed by atoms with Crippen LogP contribution in [-0.2, 0) is 9.59 Å². The number of nitrogens with zero attached hydrogens (tertiary/aromatic N) is 1. The lowest BCUT2D eigenvalue weighted by atomic mass is 10.2. The number of methoxy groups -OCH3 is 2. The van der Waals surface area contributed by atoms with Gasteiger partial charge in [-0.25, -0.2) is 0 Å². The summed E-state index contributed by atoms with van der Waals surface area (Å²) < 4.78 is 47.9. The molecule has 1 aromatic carbocycles. The van der Waals surface area contributed by atoms with Crippen LogP contribution in [0.3, 0.4) is 0 Å². The number of benzene rings is 1. The van der Waals surface area contributed by atoms with Gasteiger partial charge in [0, 0.05) is 18.3 Å². The number of halogens is 3. The minimum atomic E-state index is -4.99. The Labute approximate surface area is 136 Å². The smallest absolute Gasteiger partial charge is 0.471 e. The zero-order valence-electron chi connectivity index (χ0n) is 13.1. The van der Waals surface area contributed by atoms with Gasteiger partial charge in [-0.2, -0.15) is 13.2 Å². The molecule has 0 aromatic heterocycles. The number of ether oxygens (including phenoxy) is 2. The van der Waals surface area contributed by atoms with Gasteiger partial charge in [0.15, 0.2) is 11.5 Å². The van der Waals surface area contributed by atoms with Gasteiger partial charge in [0.1, 0.15) is 6.04 Å². The maximum Gasteiger partial charge on any atom is 0.471 e. The summed E-state index contributed by atoms with van der Waals surface area (Å²) in [5.41, 5.74) is 0.337. The molecule has 1 unspecified atom stereocenters. The SMILES string of the molecule is COc1ccc(NC(=O)C2CCCN2C(=O)C(F)(F)F)cc1OC. The Balaban J connectivity index is 2.13. The summed E-state index contributed by atoms with van der Waals surface area (Å²) in [4.78, 5) is 24.2. The Morgan fingerprint density at radius 3 is 2.46 bits per heavy atom. The summed E-state index contributed by atoms with van der Waals surface area (Å²) in [6, 6.07) is 3.43. The predicted octanol–water partition coefficient (Wildman–Crippen LogP) is 2.20. The van der Waals surface area contributed by atoms with Gasteiger partial charge in [0.2, 0.25) is 5.91 Å². The molecule has 9 heteroatoms. The number of carbonyl (C=O) groups is 2. The van der Waals surface area contributed by atoms with Gasteiger partial charge in [-0.1, -0.05) is 0 Å². The molecule has 0 aliphatic carbocycles. The van der Waals surface area contributed by atoms with Crippen molar-refractivity contribution in [1.29, 1.82) is 0 Å². The molecule has 0 bridgehead atoms. The van der Waals surface area contributed by atoms with E-state index in [2.05, 4.69) is 5.32 Å². The Hall–Kier alpha value is -2.45. The van der Waals surface area contributed by atoms with Crippen molar-refractivity contribution in [3.05, 3.63) is 18.2 Å². The first-order chi connectivity index (χ1) is 11.3. The minimum absolute atomic E-state index is 0.0949. The first-order valence-corrected chi connectivity index (χ1v) is 7.18. The number of rotatable bonds is 4. The van der Waals surface area contributed by atoms with Crippen molar-refractivity contribution < 1.29 is 32.2 Å². The zero-order valence-corrected chi connectivity index (χ0v) is 13.1. The fourth-order valence-corrected chi connectivity index (χ4v) is 2.58. The number of hydrogen-bond acceptors (Lipinski definition) is 4. The third-order valence-corrected chi connectivity index (χ3v) is 3.71. The molecule has 2 rings (SSSR count). The molecular formula is C15H17F3N2O4. The summed E-state index contributed by atoms with van der Waals surface area (Å²) in [7, 11) is 2.87. The average molecular weight is 346 g/mol. The molecule has 0 spiro atoms. The number of hydrogen-bond donors (Lipinski definition) is 1. The molecule has 1 heterocycles. The van der Waals surface area contributed by atoms with Crippen LogP contribution in [-0.4, -0.2) is 49.7 Å². The molecule has 1 aliphatic rings. The number of anilines is 1. The van der Waals surface area contributed by atoms with Crippen molar-refractivity contribution >= 4 is 17.5 Å². The highest BCUT2D eigenvalue weighted by Crippen LogP contribution is 2.31. The van der Waals surface area contributed by atoms with Crippen LogP contribution in [0.1, 0.15) is 12.8 Å². The quantitative estimate of drug-likeness (QED) is 0.908. The van der Waals surface area contributed by atoms with Gasteiger partial charge in [-0.05, 0) is 25.0 Å². The molecule has 24 heavy (non-hydrogen) atoms. The van der Waals surface area contributed by atoms with E-state index in [-0.39, 0.29) is 13.0 Å². The first kappa shape index (κ1) is 17.9. The summed E-state index contributed by atoms with van der Waals surface area (Å²) in [6.07, 6.45) is -4.47. The second-order valence-electron chi connectivity index (χ2n) is 5.21. The van der Waals surface area contributed by atoms with Crippen molar-refractivity contribution in [2.24, 2.45) is 0 Å². The lowest BCUT2D eigenvalue weighted by Gasteiger charge is -2.24. The molecule has 1 N–H and O–H groups in total. The second-order valence-corrected chi connectivity index (χ2v) is 5.21. The number of alkyl halides is 3. The van der Waals surface area contributed by atoms with Crippen LogP contribution in [0.4, 0.5) is 18.9 Å². The summed E-state index contributed by atoms with van der Waals surface area (Å²) in [5, 5.41) is 2.51. The predicted molar refractivity (Wildman–Crippen MR) is 79.0 cm³/mol. The zero-order chi connectivity index (χ0) is 17.9. The topological polar surface area (TPSA) is 67.9 Å². The largest absolute Gasteiger partial charge is 0.493 e. The van der Waals surface area contributed by atoms with E-state index in [1.807, 2.05) is 0 Å². The maximum absolute atomic E-state index is 12.6. The van der Waals surface area contributed by atoms with Gasteiger partial charge in [-0.15, -0.1) is 0 Å². The van der Waals surface area contributed by atoms with Crippen LogP contribution >= 0.6 is 0 Å². The van der Waals surface area contributed by atoms with Crippen molar-refractivity contribution in [2.75, 3.05) is 26.1 Å². The van der Waals surface area contributed by atoms with Crippen LogP contribution < -0.4 is 14.8 Å². The molecular weight excluding hydrogens is 329 g/mol. The number of likely N-dealkylation sites (tertiary alicyclic amines) is 1. The van der Waals surface area contributed by atoms with Crippen LogP contribution in [0.2, 0.25) is 0 Å². The molecule has 0 radical (unpaired) electrons. The summed E-state index contributed by atoms with van der Waals surface area (Å²) in [5.74, 6) is -1.85. The molecule has 1 fully saturated rings. The van der Waals surface area contributed by atoms with Gasteiger partial charge in [-0.3, -0.25) is 9.59 Å². The molecule has 1 aliphatic heterocycles. The van der Waals surface area contributed by atoms with E-state index in [9.17, 15) is 22.8 Å². The lowest BCUT2D eigenvalue weighted by molar-refractivity contribution is -0.186. The number of nitrogens with one attached hydrogen (secondary N) is 1. The maximum atomic E-state index is 12.6. The molecule has 2 amide bonds. The highest BCUT2D eigenvalue weighted by atomic mass is 19.4. The molecule has 6 nitrogen and oxygen atoms in total. The van der Waals surface area contributed by atoms with E-state index >= 15 is 0 Å². The lowest BCUT2D eigenvalue weighted by Crippen LogP contribution is -2.48. The second kappa shape index (κ2) is 6.98. The van der Waals surface area contributed by atoms with Gasteiger partial charge in [0.05, 0.1) is 14.2 Å². The first-order valence-electron chi connectivity index (χ1n) is 7.18. The Morgan fingerprint density at radius 1 is 1.21 bits per heavy atom. The van der Waals surface area contributed by atoms with E-state index in [4.69, 9.17) is 9.47 Å². The average Bonchev–Trinajstić information content (AvgIpc) is 3.02. The van der Waals surface area contributed by atoms with E-state index in [1.165, 1.54) is 26.4 Å². The molecule has 1 saturated heterocycles. The molecule has 132 valence electrons.